The highest BCUT2D eigenvalue weighted by atomic mass is 32.2. The van der Waals surface area contributed by atoms with Crippen LogP contribution in [0.15, 0.2) is 29.2 Å². The largest absolute Gasteiger partial charge is 0.369 e. The number of hydrogen-bond donors (Lipinski definition) is 2. The number of primary amides is 1. The minimum Gasteiger partial charge on any atom is -0.369 e. The first-order valence-corrected chi connectivity index (χ1v) is 7.23. The van der Waals surface area contributed by atoms with E-state index in [1.54, 1.807) is 12.1 Å². The summed E-state index contributed by atoms with van der Waals surface area (Å²) in [5.74, 6) is -0.324. The summed E-state index contributed by atoms with van der Waals surface area (Å²) in [6.07, 6.45) is 0.992. The van der Waals surface area contributed by atoms with E-state index in [-0.39, 0.29) is 4.90 Å². The molecule has 0 fully saturated rings. The number of benzene rings is 1. The van der Waals surface area contributed by atoms with Crippen molar-refractivity contribution >= 4 is 15.9 Å². The quantitative estimate of drug-likeness (QED) is 0.807. The maximum Gasteiger partial charge on any atom is 0.241 e. The molecule has 0 spiro atoms. The third kappa shape index (κ3) is 3.82. The summed E-state index contributed by atoms with van der Waals surface area (Å²) in [6, 6.07) is 6.63. The van der Waals surface area contributed by atoms with Gasteiger partial charge in [-0.05, 0) is 30.0 Å². The molecule has 0 bridgehead atoms. The molecule has 0 aliphatic rings. The average molecular weight is 270 g/mol. The molecule has 0 aromatic heterocycles. The van der Waals surface area contributed by atoms with Gasteiger partial charge in [-0.3, -0.25) is 4.79 Å². The molecule has 1 rings (SSSR count). The lowest BCUT2D eigenvalue weighted by Crippen LogP contribution is -2.33. The second kappa shape index (κ2) is 5.97. The molecular formula is C12H18N2O3S. The summed E-state index contributed by atoms with van der Waals surface area (Å²) in [5.41, 5.74) is 5.98. The molecule has 100 valence electrons. The smallest absolute Gasteiger partial charge is 0.241 e. The average Bonchev–Trinajstić information content (AvgIpc) is 2.36. The Morgan fingerprint density at radius 3 is 2.33 bits per heavy atom. The Morgan fingerprint density at radius 1 is 1.33 bits per heavy atom. The third-order valence-electron chi connectivity index (χ3n) is 2.81. The van der Waals surface area contributed by atoms with Crippen LogP contribution in [-0.2, 0) is 14.8 Å². The fourth-order valence-corrected chi connectivity index (χ4v) is 2.45. The summed E-state index contributed by atoms with van der Waals surface area (Å²) < 4.78 is 25.7. The van der Waals surface area contributed by atoms with Gasteiger partial charge >= 0.3 is 0 Å². The molecule has 0 aliphatic heterocycles. The van der Waals surface area contributed by atoms with Crippen molar-refractivity contribution in [3.05, 3.63) is 29.8 Å². The molecule has 18 heavy (non-hydrogen) atoms. The molecule has 1 atom stereocenters. The van der Waals surface area contributed by atoms with Gasteiger partial charge in [0.25, 0.3) is 0 Å². The van der Waals surface area contributed by atoms with Gasteiger partial charge in [-0.25, -0.2) is 13.1 Å². The molecule has 1 unspecified atom stereocenters. The SMILES string of the molecule is CCC(C)c1ccc(S(=O)(=O)NCC(N)=O)cc1. The normalized spacial score (nSPS) is 13.2. The number of rotatable bonds is 6. The van der Waals surface area contributed by atoms with Crippen LogP contribution >= 0.6 is 0 Å². The molecule has 5 nitrogen and oxygen atoms in total. The fraction of sp³-hybridized carbons (Fsp3) is 0.417. The van der Waals surface area contributed by atoms with Crippen LogP contribution in [-0.4, -0.2) is 20.9 Å². The van der Waals surface area contributed by atoms with Gasteiger partial charge in [0, 0.05) is 0 Å². The lowest BCUT2D eigenvalue weighted by atomic mass is 9.99. The molecule has 0 heterocycles. The first-order valence-electron chi connectivity index (χ1n) is 5.74. The summed E-state index contributed by atoms with van der Waals surface area (Å²) >= 11 is 0. The van der Waals surface area contributed by atoms with Crippen molar-refractivity contribution in [3.63, 3.8) is 0 Å². The molecule has 0 radical (unpaired) electrons. The monoisotopic (exact) mass is 270 g/mol. The van der Waals surface area contributed by atoms with Crippen molar-refractivity contribution in [2.75, 3.05) is 6.54 Å². The van der Waals surface area contributed by atoms with Crippen molar-refractivity contribution in [1.29, 1.82) is 0 Å². The van der Waals surface area contributed by atoms with Crippen LogP contribution < -0.4 is 10.5 Å². The highest BCUT2D eigenvalue weighted by Gasteiger charge is 2.14. The van der Waals surface area contributed by atoms with Crippen LogP contribution in [0.4, 0.5) is 0 Å². The van der Waals surface area contributed by atoms with E-state index in [1.807, 2.05) is 0 Å². The molecule has 0 aliphatic carbocycles. The molecule has 1 amide bonds. The highest BCUT2D eigenvalue weighted by molar-refractivity contribution is 7.89. The minimum absolute atomic E-state index is 0.135. The lowest BCUT2D eigenvalue weighted by molar-refractivity contribution is -0.116. The van der Waals surface area contributed by atoms with Crippen molar-refractivity contribution < 1.29 is 13.2 Å². The molecule has 1 aromatic carbocycles. The van der Waals surface area contributed by atoms with Gasteiger partial charge in [0.15, 0.2) is 0 Å². The number of amides is 1. The minimum atomic E-state index is -3.66. The fourth-order valence-electron chi connectivity index (χ4n) is 1.46. The lowest BCUT2D eigenvalue weighted by Gasteiger charge is -2.10. The van der Waals surface area contributed by atoms with Crippen LogP contribution in [0, 0.1) is 0 Å². The Balaban J connectivity index is 2.87. The predicted octanol–water partition coefficient (Wildman–Crippen LogP) is 0.964. The van der Waals surface area contributed by atoms with E-state index in [0.29, 0.717) is 5.92 Å². The predicted molar refractivity (Wildman–Crippen MR) is 69.5 cm³/mol. The zero-order valence-corrected chi connectivity index (χ0v) is 11.3. The van der Waals surface area contributed by atoms with Gasteiger partial charge < -0.3 is 5.73 Å². The topological polar surface area (TPSA) is 89.3 Å². The highest BCUT2D eigenvalue weighted by Crippen LogP contribution is 2.20. The summed E-state index contributed by atoms with van der Waals surface area (Å²) in [7, 11) is -3.66. The summed E-state index contributed by atoms with van der Waals surface area (Å²) in [5, 5.41) is 0. The first kappa shape index (κ1) is 14.7. The van der Waals surface area contributed by atoms with Gasteiger partial charge in [0.05, 0.1) is 11.4 Å². The zero-order valence-electron chi connectivity index (χ0n) is 10.5. The number of hydrogen-bond acceptors (Lipinski definition) is 3. The van der Waals surface area contributed by atoms with Crippen LogP contribution in [0.25, 0.3) is 0 Å². The van der Waals surface area contributed by atoms with E-state index < -0.39 is 22.5 Å². The van der Waals surface area contributed by atoms with Crippen molar-refractivity contribution in [1.82, 2.24) is 4.72 Å². The molecular weight excluding hydrogens is 252 g/mol. The number of sulfonamides is 1. The van der Waals surface area contributed by atoms with Crippen LogP contribution in [0.5, 0.6) is 0 Å². The van der Waals surface area contributed by atoms with Gasteiger partial charge in [-0.15, -0.1) is 0 Å². The molecule has 0 saturated carbocycles. The van der Waals surface area contributed by atoms with Gasteiger partial charge in [-0.1, -0.05) is 26.0 Å². The van der Waals surface area contributed by atoms with Gasteiger partial charge in [-0.2, -0.15) is 0 Å². The van der Waals surface area contributed by atoms with E-state index in [4.69, 9.17) is 5.73 Å². The molecule has 6 heteroatoms. The Labute approximate surface area is 107 Å². The van der Waals surface area contributed by atoms with Crippen molar-refractivity contribution in [3.8, 4) is 0 Å². The van der Waals surface area contributed by atoms with E-state index in [9.17, 15) is 13.2 Å². The number of nitrogens with one attached hydrogen (secondary N) is 1. The van der Waals surface area contributed by atoms with Crippen LogP contribution in [0.2, 0.25) is 0 Å². The summed E-state index contributed by atoms with van der Waals surface area (Å²) in [4.78, 5) is 10.7. The molecule has 1 aromatic rings. The van der Waals surface area contributed by atoms with Crippen molar-refractivity contribution in [2.45, 2.75) is 31.1 Å². The number of carbonyl (C=O) groups is 1. The first-order chi connectivity index (χ1) is 8.36. The Kier molecular flexibility index (Phi) is 4.86. The second-order valence-corrected chi connectivity index (χ2v) is 5.94. The van der Waals surface area contributed by atoms with Crippen molar-refractivity contribution in [2.24, 2.45) is 5.73 Å². The zero-order chi connectivity index (χ0) is 13.8. The number of nitrogens with two attached hydrogens (primary N) is 1. The molecule has 3 N–H and O–H groups in total. The second-order valence-electron chi connectivity index (χ2n) is 4.17. The summed E-state index contributed by atoms with van der Waals surface area (Å²) in [6.45, 7) is 3.76. The Morgan fingerprint density at radius 2 is 1.89 bits per heavy atom. The Bertz CT molecular complexity index is 509. The van der Waals surface area contributed by atoms with E-state index in [2.05, 4.69) is 18.6 Å². The van der Waals surface area contributed by atoms with Crippen LogP contribution in [0.3, 0.4) is 0 Å². The standard InChI is InChI=1S/C12H18N2O3S/c1-3-9(2)10-4-6-11(7-5-10)18(16,17)14-8-12(13)15/h4-7,9,14H,3,8H2,1-2H3,(H2,13,15). The number of carbonyl (C=O) groups excluding carboxylic acids is 1. The van der Waals surface area contributed by atoms with E-state index in [0.717, 1.165) is 12.0 Å². The maximum atomic E-state index is 11.8. The van der Waals surface area contributed by atoms with E-state index >= 15 is 0 Å². The Hall–Kier alpha value is -1.40. The van der Waals surface area contributed by atoms with Gasteiger partial charge in [0.1, 0.15) is 0 Å². The molecule has 0 saturated heterocycles. The maximum absolute atomic E-state index is 11.8. The van der Waals surface area contributed by atoms with Crippen LogP contribution in [0.1, 0.15) is 31.7 Å². The van der Waals surface area contributed by atoms with E-state index in [1.165, 1.54) is 12.1 Å². The third-order valence-corrected chi connectivity index (χ3v) is 4.23. The van der Waals surface area contributed by atoms with Gasteiger partial charge in [0.2, 0.25) is 15.9 Å².